The molecule has 0 atom stereocenters. The Morgan fingerprint density at radius 2 is 1.53 bits per heavy atom. The first kappa shape index (κ1) is 20.6. The van der Waals surface area contributed by atoms with E-state index in [0.717, 1.165) is 48.4 Å². The summed E-state index contributed by atoms with van der Waals surface area (Å²) >= 11 is 0. The van der Waals surface area contributed by atoms with Crippen LogP contribution >= 0.6 is 0 Å². The summed E-state index contributed by atoms with van der Waals surface area (Å²) in [5, 5.41) is 1.52. The average molecular weight is 403 g/mol. The smallest absolute Gasteiger partial charge is 0.159 e. The largest absolute Gasteiger partial charge is 0.204 e. The van der Waals surface area contributed by atoms with Crippen molar-refractivity contribution in [2.45, 2.75) is 57.8 Å². The van der Waals surface area contributed by atoms with Crippen LogP contribution in [-0.2, 0) is 6.42 Å². The van der Waals surface area contributed by atoms with E-state index in [4.69, 9.17) is 0 Å². The van der Waals surface area contributed by atoms with Crippen LogP contribution < -0.4 is 0 Å². The van der Waals surface area contributed by atoms with Crippen molar-refractivity contribution in [2.24, 2.45) is 5.92 Å². The van der Waals surface area contributed by atoms with Gasteiger partial charge in [-0.05, 0) is 90.6 Å². The molecule has 0 nitrogen and oxygen atoms in total. The fourth-order valence-corrected chi connectivity index (χ4v) is 4.41. The molecule has 1 aliphatic rings. The van der Waals surface area contributed by atoms with Gasteiger partial charge in [0, 0.05) is 11.5 Å². The minimum atomic E-state index is -0.787. The lowest BCUT2D eigenvalue weighted by molar-refractivity contribution is 0.385. The van der Waals surface area contributed by atoms with E-state index in [1.807, 2.05) is 12.1 Å². The van der Waals surface area contributed by atoms with Crippen molar-refractivity contribution in [1.29, 1.82) is 0 Å². The number of benzene rings is 3. The molecular weight excluding hydrogens is 374 g/mol. The first-order valence-corrected chi connectivity index (χ1v) is 11.1. The molecule has 154 valence electrons. The Balaban J connectivity index is 1.37. The van der Waals surface area contributed by atoms with Gasteiger partial charge in [0.15, 0.2) is 11.6 Å². The van der Waals surface area contributed by atoms with Gasteiger partial charge in [-0.3, -0.25) is 0 Å². The second-order valence-corrected chi connectivity index (χ2v) is 8.49. The highest BCUT2D eigenvalue weighted by atomic mass is 19.2. The van der Waals surface area contributed by atoms with E-state index in [2.05, 4.69) is 49.1 Å². The number of unbranched alkanes of at least 4 members (excludes halogenated alkanes) is 1. The van der Waals surface area contributed by atoms with E-state index in [-0.39, 0.29) is 0 Å². The number of aryl methyl sites for hydroxylation is 1. The molecule has 4 rings (SSSR count). The molecule has 0 amide bonds. The minimum absolute atomic E-state index is 0.438. The van der Waals surface area contributed by atoms with Crippen LogP contribution in [0.2, 0.25) is 0 Å². The first-order chi connectivity index (χ1) is 14.6. The highest BCUT2D eigenvalue weighted by Gasteiger charge is 2.21. The summed E-state index contributed by atoms with van der Waals surface area (Å²) in [7, 11) is 0. The van der Waals surface area contributed by atoms with Crippen LogP contribution in [0.3, 0.4) is 0 Å². The standard InChI is InChI=1S/C28H28F2/c1-2-3-4-20-5-7-21(8-6-20)9-10-22-11-13-23(14-12-22)24-15-16-25-18-27(29)28(30)19-26(25)17-24/h5-8,15-19,22-23H,2-4,11-14H2,1H3. The van der Waals surface area contributed by atoms with E-state index in [1.165, 1.54) is 36.1 Å². The molecule has 0 radical (unpaired) electrons. The molecular formula is C28H28F2. The summed E-state index contributed by atoms with van der Waals surface area (Å²) in [6, 6.07) is 17.3. The molecule has 0 spiro atoms. The molecule has 3 aromatic carbocycles. The van der Waals surface area contributed by atoms with Gasteiger partial charge in [0.05, 0.1) is 0 Å². The van der Waals surface area contributed by atoms with Crippen LogP contribution in [0, 0.1) is 29.4 Å². The molecule has 0 N–H and O–H groups in total. The predicted molar refractivity (Wildman–Crippen MR) is 120 cm³/mol. The normalized spacial score (nSPS) is 18.8. The topological polar surface area (TPSA) is 0 Å². The lowest BCUT2D eigenvalue weighted by Crippen LogP contribution is -2.12. The summed E-state index contributed by atoms with van der Waals surface area (Å²) in [5.41, 5.74) is 3.71. The van der Waals surface area contributed by atoms with Crippen molar-refractivity contribution in [2.75, 3.05) is 0 Å². The molecule has 1 aliphatic carbocycles. The zero-order valence-corrected chi connectivity index (χ0v) is 17.6. The van der Waals surface area contributed by atoms with Crippen molar-refractivity contribution < 1.29 is 8.78 Å². The summed E-state index contributed by atoms with van der Waals surface area (Å²) in [4.78, 5) is 0. The SMILES string of the molecule is CCCCc1ccc(C#CC2CCC(c3ccc4cc(F)c(F)cc4c3)CC2)cc1. The fourth-order valence-electron chi connectivity index (χ4n) is 4.41. The highest BCUT2D eigenvalue weighted by molar-refractivity contribution is 5.83. The molecule has 3 aromatic rings. The van der Waals surface area contributed by atoms with Gasteiger partial charge in [-0.2, -0.15) is 0 Å². The molecule has 0 bridgehead atoms. The molecule has 1 saturated carbocycles. The zero-order chi connectivity index (χ0) is 20.9. The second-order valence-electron chi connectivity index (χ2n) is 8.49. The number of hydrogen-bond donors (Lipinski definition) is 0. The Hall–Kier alpha value is -2.66. The first-order valence-electron chi connectivity index (χ1n) is 11.1. The lowest BCUT2D eigenvalue weighted by Gasteiger charge is -2.26. The van der Waals surface area contributed by atoms with Crippen molar-refractivity contribution in [3.8, 4) is 11.8 Å². The molecule has 30 heavy (non-hydrogen) atoms. The molecule has 2 heteroatoms. The van der Waals surface area contributed by atoms with Crippen LogP contribution in [0.15, 0.2) is 54.6 Å². The Kier molecular flexibility index (Phi) is 6.48. The maximum Gasteiger partial charge on any atom is 0.159 e. The summed E-state index contributed by atoms with van der Waals surface area (Å²) in [6.07, 6.45) is 7.94. The third-order valence-electron chi connectivity index (χ3n) is 6.30. The van der Waals surface area contributed by atoms with Gasteiger partial charge < -0.3 is 0 Å². The van der Waals surface area contributed by atoms with Crippen molar-refractivity contribution in [3.63, 3.8) is 0 Å². The Morgan fingerprint density at radius 3 is 2.23 bits per heavy atom. The van der Waals surface area contributed by atoms with Crippen LogP contribution in [-0.4, -0.2) is 0 Å². The molecule has 0 aromatic heterocycles. The third kappa shape index (κ3) is 4.90. The van der Waals surface area contributed by atoms with Gasteiger partial charge in [0.25, 0.3) is 0 Å². The number of rotatable bonds is 4. The van der Waals surface area contributed by atoms with Gasteiger partial charge in [0.1, 0.15) is 0 Å². The maximum absolute atomic E-state index is 13.6. The van der Waals surface area contributed by atoms with E-state index < -0.39 is 11.6 Å². The van der Waals surface area contributed by atoms with Gasteiger partial charge >= 0.3 is 0 Å². The molecule has 0 unspecified atom stereocenters. The quantitative estimate of drug-likeness (QED) is 0.391. The predicted octanol–water partition coefficient (Wildman–Crippen LogP) is 7.79. The van der Waals surface area contributed by atoms with Crippen molar-refractivity contribution >= 4 is 10.8 Å². The van der Waals surface area contributed by atoms with Crippen molar-refractivity contribution in [3.05, 3.63) is 82.9 Å². The second kappa shape index (κ2) is 9.43. The Morgan fingerprint density at radius 1 is 0.833 bits per heavy atom. The number of fused-ring (bicyclic) bond motifs is 1. The molecule has 0 heterocycles. The molecule has 1 fully saturated rings. The Bertz CT molecular complexity index is 1060. The zero-order valence-electron chi connectivity index (χ0n) is 17.6. The van der Waals surface area contributed by atoms with Crippen LogP contribution in [0.1, 0.15) is 68.1 Å². The van der Waals surface area contributed by atoms with E-state index in [9.17, 15) is 8.78 Å². The van der Waals surface area contributed by atoms with E-state index in [1.54, 1.807) is 0 Å². The van der Waals surface area contributed by atoms with E-state index >= 15 is 0 Å². The minimum Gasteiger partial charge on any atom is -0.204 e. The van der Waals surface area contributed by atoms with Gasteiger partial charge in [-0.15, -0.1) is 0 Å². The van der Waals surface area contributed by atoms with E-state index in [0.29, 0.717) is 11.8 Å². The summed E-state index contributed by atoms with van der Waals surface area (Å²) in [5.74, 6) is 6.18. The van der Waals surface area contributed by atoms with Crippen molar-refractivity contribution in [1.82, 2.24) is 0 Å². The van der Waals surface area contributed by atoms with Gasteiger partial charge in [0.2, 0.25) is 0 Å². The number of hydrogen-bond acceptors (Lipinski definition) is 0. The molecule has 0 saturated heterocycles. The van der Waals surface area contributed by atoms with Crippen LogP contribution in [0.4, 0.5) is 8.78 Å². The summed E-state index contributed by atoms with van der Waals surface area (Å²) < 4.78 is 27.0. The van der Waals surface area contributed by atoms with Gasteiger partial charge in [-0.25, -0.2) is 8.78 Å². The Labute approximate surface area is 178 Å². The number of halogens is 2. The monoisotopic (exact) mass is 402 g/mol. The van der Waals surface area contributed by atoms with Crippen LogP contribution in [0.5, 0.6) is 0 Å². The van der Waals surface area contributed by atoms with Gasteiger partial charge in [-0.1, -0.05) is 55.5 Å². The van der Waals surface area contributed by atoms with Crippen LogP contribution in [0.25, 0.3) is 10.8 Å². The fraction of sp³-hybridized carbons (Fsp3) is 0.357. The highest BCUT2D eigenvalue weighted by Crippen LogP contribution is 2.36. The third-order valence-corrected chi connectivity index (χ3v) is 6.30. The lowest BCUT2D eigenvalue weighted by atomic mass is 9.78. The average Bonchev–Trinajstić information content (AvgIpc) is 2.78. The maximum atomic E-state index is 13.6. The molecule has 0 aliphatic heterocycles. The summed E-state index contributed by atoms with van der Waals surface area (Å²) in [6.45, 7) is 2.22.